The molecule has 0 spiro atoms. The van der Waals surface area contributed by atoms with Crippen LogP contribution in [0.15, 0.2) is 24.3 Å². The zero-order valence-electron chi connectivity index (χ0n) is 6.98. The number of rotatable bonds is 1. The maximum Gasteiger partial charge on any atom is 0.402 e. The van der Waals surface area contributed by atoms with Crippen LogP contribution in [-0.4, -0.2) is 22.3 Å². The van der Waals surface area contributed by atoms with Crippen molar-refractivity contribution in [1.82, 2.24) is 0 Å². The van der Waals surface area contributed by atoms with Crippen LogP contribution in [-0.2, 0) is 0 Å². The van der Waals surface area contributed by atoms with Gasteiger partial charge in [-0.1, -0.05) is 12.1 Å². The molecule has 4 N–H and O–H groups in total. The zero-order chi connectivity index (χ0) is 11.1. The maximum absolute atomic E-state index is 12.5. The van der Waals surface area contributed by atoms with E-state index in [4.69, 9.17) is 15.0 Å². The predicted molar refractivity (Wildman–Crippen MR) is 45.6 cm³/mol. The lowest BCUT2D eigenvalue weighted by Gasteiger charge is -1.92. The Labute approximate surface area is 78.6 Å². The van der Waals surface area contributed by atoms with Gasteiger partial charge in [0.05, 0.1) is 5.56 Å². The highest BCUT2D eigenvalue weighted by Gasteiger charge is 2.06. The van der Waals surface area contributed by atoms with E-state index in [-0.39, 0.29) is 5.56 Å². The van der Waals surface area contributed by atoms with Crippen molar-refractivity contribution in [2.24, 2.45) is 5.73 Å². The van der Waals surface area contributed by atoms with Crippen molar-refractivity contribution >= 4 is 12.1 Å². The van der Waals surface area contributed by atoms with Crippen LogP contribution in [0, 0.1) is 5.82 Å². The van der Waals surface area contributed by atoms with Gasteiger partial charge in [0.2, 0.25) is 0 Å². The first-order valence-corrected chi connectivity index (χ1v) is 3.41. The zero-order valence-corrected chi connectivity index (χ0v) is 6.98. The van der Waals surface area contributed by atoms with Crippen LogP contribution in [0.4, 0.5) is 9.18 Å². The molecule has 1 amide bonds. The summed E-state index contributed by atoms with van der Waals surface area (Å²) in [5, 5.41) is 15.5. The highest BCUT2D eigenvalue weighted by molar-refractivity contribution is 5.87. The summed E-state index contributed by atoms with van der Waals surface area (Å²) in [5.41, 5.74) is 3.74. The molecule has 76 valence electrons. The van der Waals surface area contributed by atoms with Gasteiger partial charge in [-0.15, -0.1) is 0 Å². The molecule has 5 nitrogen and oxygen atoms in total. The number of hydrogen-bond donors (Lipinski definition) is 3. The molecule has 6 heteroatoms. The summed E-state index contributed by atoms with van der Waals surface area (Å²) in [4.78, 5) is 19.0. The number of benzene rings is 1. The van der Waals surface area contributed by atoms with Crippen molar-refractivity contribution in [3.8, 4) is 0 Å². The van der Waals surface area contributed by atoms with E-state index in [1.807, 2.05) is 0 Å². The Bertz CT molecular complexity index is 336. The van der Waals surface area contributed by atoms with Gasteiger partial charge in [0, 0.05) is 0 Å². The van der Waals surface area contributed by atoms with Crippen LogP contribution < -0.4 is 5.73 Å². The molecule has 0 saturated heterocycles. The molecule has 1 aromatic carbocycles. The Morgan fingerprint density at radius 3 is 1.93 bits per heavy atom. The van der Waals surface area contributed by atoms with Crippen molar-refractivity contribution in [2.45, 2.75) is 0 Å². The van der Waals surface area contributed by atoms with Crippen LogP contribution in [0.1, 0.15) is 10.4 Å². The first kappa shape index (κ1) is 11.9. The van der Waals surface area contributed by atoms with Gasteiger partial charge in [0.15, 0.2) is 0 Å². The number of aromatic carboxylic acids is 1. The molecule has 14 heavy (non-hydrogen) atoms. The van der Waals surface area contributed by atoms with Gasteiger partial charge in [-0.25, -0.2) is 14.0 Å². The molecule has 0 unspecified atom stereocenters. The number of hydrogen-bond acceptors (Lipinski definition) is 2. The van der Waals surface area contributed by atoms with Crippen LogP contribution >= 0.6 is 0 Å². The lowest BCUT2D eigenvalue weighted by atomic mass is 10.2. The number of halogens is 1. The van der Waals surface area contributed by atoms with E-state index >= 15 is 0 Å². The quantitative estimate of drug-likeness (QED) is 0.634. The summed E-state index contributed by atoms with van der Waals surface area (Å²) in [5.74, 6) is -1.94. The number of carbonyl (C=O) groups is 2. The van der Waals surface area contributed by atoms with Crippen molar-refractivity contribution in [3.05, 3.63) is 35.6 Å². The Balaban J connectivity index is 0.000000364. The van der Waals surface area contributed by atoms with Gasteiger partial charge in [-0.3, -0.25) is 0 Å². The molecular weight excluding hydrogens is 193 g/mol. The number of carboxylic acid groups (broad SMARTS) is 2. The third kappa shape index (κ3) is 4.70. The topological polar surface area (TPSA) is 101 Å². The highest BCUT2D eigenvalue weighted by atomic mass is 19.1. The van der Waals surface area contributed by atoms with E-state index in [2.05, 4.69) is 5.73 Å². The van der Waals surface area contributed by atoms with E-state index in [0.717, 1.165) is 6.07 Å². The van der Waals surface area contributed by atoms with Gasteiger partial charge in [-0.2, -0.15) is 0 Å². The third-order valence-electron chi connectivity index (χ3n) is 1.10. The van der Waals surface area contributed by atoms with E-state index < -0.39 is 17.9 Å². The lowest BCUT2D eigenvalue weighted by molar-refractivity contribution is 0.0692. The molecule has 1 rings (SSSR count). The van der Waals surface area contributed by atoms with Crippen LogP contribution in [0.25, 0.3) is 0 Å². The molecule has 0 atom stereocenters. The Morgan fingerprint density at radius 2 is 1.64 bits per heavy atom. The molecule has 0 fully saturated rings. The lowest BCUT2D eigenvalue weighted by Crippen LogP contribution is -2.03. The first-order chi connectivity index (χ1) is 6.45. The van der Waals surface area contributed by atoms with E-state index in [0.29, 0.717) is 0 Å². The van der Waals surface area contributed by atoms with Crippen molar-refractivity contribution in [3.63, 3.8) is 0 Å². The second kappa shape index (κ2) is 5.52. The molecule has 0 aliphatic rings. The molecule has 0 radical (unpaired) electrons. The fraction of sp³-hybridized carbons (Fsp3) is 0. The van der Waals surface area contributed by atoms with Crippen molar-refractivity contribution < 1.29 is 24.2 Å². The Morgan fingerprint density at radius 1 is 1.21 bits per heavy atom. The fourth-order valence-corrected chi connectivity index (χ4v) is 0.635. The summed E-state index contributed by atoms with van der Waals surface area (Å²) < 4.78 is 12.5. The Hall–Kier alpha value is -2.11. The molecule has 0 aliphatic heterocycles. The minimum absolute atomic E-state index is 0.289. The van der Waals surface area contributed by atoms with E-state index in [9.17, 15) is 9.18 Å². The molecule has 1 aromatic rings. The number of carboxylic acids is 1. The molecule has 0 heterocycles. The van der Waals surface area contributed by atoms with Crippen LogP contribution in [0.3, 0.4) is 0 Å². The van der Waals surface area contributed by atoms with E-state index in [1.165, 1.54) is 18.2 Å². The normalized spacial score (nSPS) is 8.36. The Kier molecular flexibility index (Phi) is 4.69. The monoisotopic (exact) mass is 201 g/mol. The van der Waals surface area contributed by atoms with Gasteiger partial charge in [0.25, 0.3) is 0 Å². The highest BCUT2D eigenvalue weighted by Crippen LogP contribution is 2.04. The summed E-state index contributed by atoms with van der Waals surface area (Å²) in [6, 6.07) is 5.26. The largest absolute Gasteiger partial charge is 0.478 e. The summed E-state index contributed by atoms with van der Waals surface area (Å²) in [7, 11) is 0. The average molecular weight is 201 g/mol. The number of nitrogens with two attached hydrogens (primary N) is 1. The summed E-state index contributed by atoms with van der Waals surface area (Å²) in [6.45, 7) is 0. The van der Waals surface area contributed by atoms with E-state index in [1.54, 1.807) is 0 Å². The van der Waals surface area contributed by atoms with Crippen molar-refractivity contribution in [2.75, 3.05) is 0 Å². The van der Waals surface area contributed by atoms with Gasteiger partial charge >= 0.3 is 12.1 Å². The minimum Gasteiger partial charge on any atom is -0.478 e. The number of amides is 1. The van der Waals surface area contributed by atoms with Crippen molar-refractivity contribution in [1.29, 1.82) is 0 Å². The SMILES string of the molecule is NC(=O)O.O=C(O)c1ccccc1F. The van der Waals surface area contributed by atoms with Gasteiger partial charge < -0.3 is 15.9 Å². The third-order valence-corrected chi connectivity index (χ3v) is 1.10. The predicted octanol–water partition coefficient (Wildman–Crippen LogP) is 1.15. The summed E-state index contributed by atoms with van der Waals surface area (Å²) in [6.07, 6.45) is -1.33. The van der Waals surface area contributed by atoms with Crippen LogP contribution in [0.2, 0.25) is 0 Å². The van der Waals surface area contributed by atoms with Gasteiger partial charge in [0.1, 0.15) is 5.82 Å². The molecule has 0 bridgehead atoms. The molecule has 0 aromatic heterocycles. The number of primary amides is 1. The second-order valence-corrected chi connectivity index (χ2v) is 2.12. The molecular formula is C8H8FNO4. The molecule has 0 aliphatic carbocycles. The fourth-order valence-electron chi connectivity index (χ4n) is 0.635. The standard InChI is InChI=1S/C7H5FO2.CH3NO2/c8-6-4-2-1-3-5(6)7(9)10;2-1(3)4/h1-4H,(H,9,10);2H2,(H,3,4). The van der Waals surface area contributed by atoms with Crippen LogP contribution in [0.5, 0.6) is 0 Å². The smallest absolute Gasteiger partial charge is 0.402 e. The minimum atomic E-state index is -1.33. The average Bonchev–Trinajstić information content (AvgIpc) is 2.03. The summed E-state index contributed by atoms with van der Waals surface area (Å²) >= 11 is 0. The first-order valence-electron chi connectivity index (χ1n) is 3.41. The maximum atomic E-state index is 12.5. The molecule has 0 saturated carbocycles. The second-order valence-electron chi connectivity index (χ2n) is 2.12. The van der Waals surface area contributed by atoms with Gasteiger partial charge in [-0.05, 0) is 12.1 Å².